The molecule has 1 aromatic carbocycles. The summed E-state index contributed by atoms with van der Waals surface area (Å²) in [4.78, 5) is 4.09. The lowest BCUT2D eigenvalue weighted by atomic mass is 10.1. The van der Waals surface area contributed by atoms with Crippen molar-refractivity contribution in [3.8, 4) is 5.75 Å². The molecular formula is C14H18FN3O2. The van der Waals surface area contributed by atoms with Crippen LogP contribution in [0.25, 0.3) is 0 Å². The second kappa shape index (κ2) is 6.47. The molecule has 0 fully saturated rings. The van der Waals surface area contributed by atoms with E-state index in [1.807, 2.05) is 6.92 Å². The molecule has 6 heteroatoms. The molecule has 0 saturated heterocycles. The zero-order valence-corrected chi connectivity index (χ0v) is 11.6. The number of aryl methyl sites for hydroxylation is 1. The molecular weight excluding hydrogens is 261 g/mol. The number of hydrogen-bond donors (Lipinski definition) is 1. The van der Waals surface area contributed by atoms with Crippen LogP contribution in [0.15, 0.2) is 24.5 Å². The van der Waals surface area contributed by atoms with Gasteiger partial charge >= 0.3 is 0 Å². The van der Waals surface area contributed by atoms with E-state index < -0.39 is 11.9 Å². The normalized spacial score (nSPS) is 12.4. The van der Waals surface area contributed by atoms with Gasteiger partial charge in [-0.05, 0) is 31.0 Å². The van der Waals surface area contributed by atoms with Crippen LogP contribution in [0.2, 0.25) is 0 Å². The van der Waals surface area contributed by atoms with Gasteiger partial charge in [0.15, 0.2) is 17.4 Å². The number of aliphatic hydroxyl groups is 1. The summed E-state index contributed by atoms with van der Waals surface area (Å²) < 4.78 is 21.0. The minimum absolute atomic E-state index is 0.139. The number of hydrogen-bond acceptors (Lipinski definition) is 4. The molecule has 0 bridgehead atoms. The minimum Gasteiger partial charge on any atom is -0.483 e. The van der Waals surface area contributed by atoms with E-state index in [0.717, 1.165) is 13.0 Å². The van der Waals surface area contributed by atoms with Crippen LogP contribution in [0.5, 0.6) is 5.75 Å². The summed E-state index contributed by atoms with van der Waals surface area (Å²) in [7, 11) is 0. The highest BCUT2D eigenvalue weighted by Gasteiger charge is 2.10. The highest BCUT2D eigenvalue weighted by molar-refractivity contribution is 5.30. The number of nitrogens with zero attached hydrogens (tertiary/aromatic N) is 3. The lowest BCUT2D eigenvalue weighted by Gasteiger charge is -2.10. The predicted molar refractivity (Wildman–Crippen MR) is 71.7 cm³/mol. The Labute approximate surface area is 117 Å². The number of rotatable bonds is 6. The first-order valence-corrected chi connectivity index (χ1v) is 6.58. The summed E-state index contributed by atoms with van der Waals surface area (Å²) in [5.74, 6) is 0.302. The highest BCUT2D eigenvalue weighted by Crippen LogP contribution is 2.22. The molecule has 1 N–H and O–H groups in total. The lowest BCUT2D eigenvalue weighted by Crippen LogP contribution is -2.09. The van der Waals surface area contributed by atoms with Gasteiger partial charge in [-0.2, -0.15) is 5.10 Å². The quantitative estimate of drug-likeness (QED) is 0.882. The highest BCUT2D eigenvalue weighted by atomic mass is 19.1. The van der Waals surface area contributed by atoms with Crippen molar-refractivity contribution >= 4 is 0 Å². The first kappa shape index (κ1) is 14.5. The van der Waals surface area contributed by atoms with Crippen LogP contribution >= 0.6 is 0 Å². The topological polar surface area (TPSA) is 60.2 Å². The van der Waals surface area contributed by atoms with Crippen molar-refractivity contribution in [2.75, 3.05) is 0 Å². The summed E-state index contributed by atoms with van der Waals surface area (Å²) in [6.45, 7) is 4.54. The molecule has 0 spiro atoms. The van der Waals surface area contributed by atoms with Crippen molar-refractivity contribution in [2.45, 2.75) is 39.5 Å². The van der Waals surface area contributed by atoms with Gasteiger partial charge in [0.05, 0.1) is 6.10 Å². The fraction of sp³-hybridized carbons (Fsp3) is 0.429. The maximum atomic E-state index is 13.8. The Morgan fingerprint density at radius 1 is 1.45 bits per heavy atom. The van der Waals surface area contributed by atoms with Crippen molar-refractivity contribution in [2.24, 2.45) is 0 Å². The van der Waals surface area contributed by atoms with E-state index in [9.17, 15) is 9.50 Å². The van der Waals surface area contributed by atoms with Crippen LogP contribution in [0.4, 0.5) is 4.39 Å². The first-order valence-electron chi connectivity index (χ1n) is 6.58. The number of ether oxygens (including phenoxy) is 1. The van der Waals surface area contributed by atoms with Crippen LogP contribution in [0.1, 0.15) is 37.8 Å². The van der Waals surface area contributed by atoms with Crippen LogP contribution in [-0.4, -0.2) is 19.9 Å². The Bertz CT molecular complexity index is 569. The second-order valence-corrected chi connectivity index (χ2v) is 4.55. The van der Waals surface area contributed by atoms with Gasteiger partial charge in [0.25, 0.3) is 0 Å². The van der Waals surface area contributed by atoms with E-state index in [1.165, 1.54) is 18.5 Å². The molecule has 0 radical (unpaired) electrons. The van der Waals surface area contributed by atoms with Crippen LogP contribution in [0.3, 0.4) is 0 Å². The molecule has 0 aliphatic carbocycles. The van der Waals surface area contributed by atoms with Crippen molar-refractivity contribution in [1.29, 1.82) is 0 Å². The molecule has 2 aromatic rings. The number of aromatic nitrogens is 3. The van der Waals surface area contributed by atoms with Gasteiger partial charge in [-0.25, -0.2) is 14.1 Å². The molecule has 1 unspecified atom stereocenters. The maximum absolute atomic E-state index is 13.8. The van der Waals surface area contributed by atoms with E-state index in [0.29, 0.717) is 11.4 Å². The third kappa shape index (κ3) is 3.33. The van der Waals surface area contributed by atoms with Gasteiger partial charge in [0.1, 0.15) is 12.9 Å². The van der Waals surface area contributed by atoms with Crippen molar-refractivity contribution in [3.63, 3.8) is 0 Å². The Morgan fingerprint density at radius 2 is 2.25 bits per heavy atom. The van der Waals surface area contributed by atoms with Crippen molar-refractivity contribution in [3.05, 3.63) is 41.7 Å². The zero-order valence-electron chi connectivity index (χ0n) is 11.6. The van der Waals surface area contributed by atoms with Gasteiger partial charge in [0, 0.05) is 6.54 Å². The standard InChI is InChI=1S/C14H18FN3O2/c1-3-6-18-14(16-9-17-18)8-20-13-5-4-11(10(2)19)7-12(13)15/h4-5,7,9-10,19H,3,6,8H2,1-2H3. The average molecular weight is 279 g/mol. The lowest BCUT2D eigenvalue weighted by molar-refractivity contribution is 0.198. The Morgan fingerprint density at radius 3 is 2.90 bits per heavy atom. The number of benzene rings is 1. The molecule has 108 valence electrons. The second-order valence-electron chi connectivity index (χ2n) is 4.55. The third-order valence-electron chi connectivity index (χ3n) is 2.93. The molecule has 20 heavy (non-hydrogen) atoms. The van der Waals surface area contributed by atoms with E-state index >= 15 is 0 Å². The molecule has 1 heterocycles. The summed E-state index contributed by atoms with van der Waals surface area (Å²) >= 11 is 0. The Hall–Kier alpha value is -1.95. The predicted octanol–water partition coefficient (Wildman–Crippen LogP) is 2.46. The fourth-order valence-electron chi connectivity index (χ4n) is 1.83. The molecule has 1 aromatic heterocycles. The zero-order chi connectivity index (χ0) is 14.5. The summed E-state index contributed by atoms with van der Waals surface area (Å²) in [6, 6.07) is 4.43. The van der Waals surface area contributed by atoms with Gasteiger partial charge in [-0.15, -0.1) is 0 Å². The molecule has 1 atom stereocenters. The third-order valence-corrected chi connectivity index (χ3v) is 2.93. The van der Waals surface area contributed by atoms with Gasteiger partial charge in [0.2, 0.25) is 0 Å². The Balaban J connectivity index is 2.05. The smallest absolute Gasteiger partial charge is 0.165 e. The van der Waals surface area contributed by atoms with Crippen LogP contribution in [-0.2, 0) is 13.2 Å². The first-order chi connectivity index (χ1) is 9.61. The summed E-state index contributed by atoms with van der Waals surface area (Å²) in [5.41, 5.74) is 0.518. The van der Waals surface area contributed by atoms with E-state index in [1.54, 1.807) is 17.7 Å². The van der Waals surface area contributed by atoms with Gasteiger partial charge in [-0.3, -0.25) is 0 Å². The SMILES string of the molecule is CCCn1ncnc1COc1ccc(C(C)O)cc1F. The molecule has 0 aliphatic heterocycles. The van der Waals surface area contributed by atoms with E-state index in [-0.39, 0.29) is 12.4 Å². The summed E-state index contributed by atoms with van der Waals surface area (Å²) in [5, 5.41) is 13.5. The fourth-order valence-corrected chi connectivity index (χ4v) is 1.83. The largest absolute Gasteiger partial charge is 0.483 e. The number of halogens is 1. The Kier molecular flexibility index (Phi) is 4.68. The van der Waals surface area contributed by atoms with E-state index in [2.05, 4.69) is 10.1 Å². The monoisotopic (exact) mass is 279 g/mol. The maximum Gasteiger partial charge on any atom is 0.165 e. The van der Waals surface area contributed by atoms with Crippen molar-refractivity contribution in [1.82, 2.24) is 14.8 Å². The van der Waals surface area contributed by atoms with Crippen LogP contribution in [0, 0.1) is 5.82 Å². The van der Waals surface area contributed by atoms with Gasteiger partial charge in [-0.1, -0.05) is 13.0 Å². The molecule has 2 rings (SSSR count). The summed E-state index contributed by atoms with van der Waals surface area (Å²) in [6.07, 6.45) is 1.70. The van der Waals surface area contributed by atoms with Crippen LogP contribution < -0.4 is 4.74 Å². The molecule has 5 nitrogen and oxygen atoms in total. The van der Waals surface area contributed by atoms with E-state index in [4.69, 9.17) is 4.74 Å². The average Bonchev–Trinajstić information content (AvgIpc) is 2.85. The van der Waals surface area contributed by atoms with Crippen molar-refractivity contribution < 1.29 is 14.2 Å². The van der Waals surface area contributed by atoms with Gasteiger partial charge < -0.3 is 9.84 Å². The molecule has 0 aliphatic rings. The molecule has 0 saturated carbocycles. The number of aliphatic hydroxyl groups excluding tert-OH is 1. The molecule has 0 amide bonds. The minimum atomic E-state index is -0.703.